The van der Waals surface area contributed by atoms with Gasteiger partial charge in [0.05, 0.1) is 24.6 Å². The number of aliphatic hydroxyl groups excluding tert-OH is 2. The number of hydrogen-bond donors (Lipinski definition) is 3. The fourth-order valence-corrected chi connectivity index (χ4v) is 0.934. The second-order valence-corrected chi connectivity index (χ2v) is 2.28. The number of aromatic amines is 1. The fourth-order valence-electron chi connectivity index (χ4n) is 0.934. The zero-order valence-corrected chi connectivity index (χ0v) is 6.46. The number of nitrogens with one attached hydrogen (secondary N) is 1. The molecule has 4 nitrogen and oxygen atoms in total. The summed E-state index contributed by atoms with van der Waals surface area (Å²) >= 11 is 0. The summed E-state index contributed by atoms with van der Waals surface area (Å²) in [4.78, 5) is 6.96. The van der Waals surface area contributed by atoms with Crippen molar-refractivity contribution in [2.45, 2.75) is 26.6 Å². The lowest BCUT2D eigenvalue weighted by Crippen LogP contribution is -1.91. The number of aliphatic hydroxyl groups is 2. The van der Waals surface area contributed by atoms with E-state index in [1.165, 1.54) is 0 Å². The summed E-state index contributed by atoms with van der Waals surface area (Å²) in [6.45, 7) is 1.75. The Morgan fingerprint density at radius 2 is 2.09 bits per heavy atom. The second kappa shape index (κ2) is 3.50. The molecule has 0 aliphatic heterocycles. The maximum Gasteiger partial charge on any atom is 0.106 e. The molecular formula is C7H12N2O2. The van der Waals surface area contributed by atoms with Crippen LogP contribution in [0.25, 0.3) is 0 Å². The Hall–Kier alpha value is -0.870. The van der Waals surface area contributed by atoms with Gasteiger partial charge >= 0.3 is 0 Å². The summed E-state index contributed by atoms with van der Waals surface area (Å²) in [5, 5.41) is 17.5. The molecule has 4 heteroatoms. The molecule has 0 spiro atoms. The van der Waals surface area contributed by atoms with Gasteiger partial charge in [-0.15, -0.1) is 0 Å². The molecule has 0 fully saturated rings. The van der Waals surface area contributed by atoms with E-state index in [4.69, 9.17) is 10.2 Å². The van der Waals surface area contributed by atoms with E-state index in [1.807, 2.05) is 6.92 Å². The Labute approximate surface area is 64.9 Å². The minimum absolute atomic E-state index is 0.0944. The molecule has 62 valence electrons. The van der Waals surface area contributed by atoms with Gasteiger partial charge in [0.25, 0.3) is 0 Å². The Morgan fingerprint density at radius 3 is 2.45 bits per heavy atom. The fraction of sp³-hybridized carbons (Fsp3) is 0.571. The number of rotatable bonds is 3. The zero-order valence-electron chi connectivity index (χ0n) is 6.46. The lowest BCUT2D eigenvalue weighted by Gasteiger charge is -1.90. The molecule has 0 radical (unpaired) electrons. The van der Waals surface area contributed by atoms with Crippen LogP contribution in [0.1, 0.15) is 24.1 Å². The van der Waals surface area contributed by atoms with Crippen molar-refractivity contribution in [3.63, 3.8) is 0 Å². The van der Waals surface area contributed by atoms with Crippen LogP contribution in [0.15, 0.2) is 0 Å². The monoisotopic (exact) mass is 156 g/mol. The molecule has 1 heterocycles. The molecule has 1 aromatic heterocycles. The first-order valence-electron chi connectivity index (χ1n) is 3.60. The summed E-state index contributed by atoms with van der Waals surface area (Å²) in [7, 11) is 0. The van der Waals surface area contributed by atoms with Gasteiger partial charge in [-0.05, 0) is 0 Å². The molecule has 0 aliphatic carbocycles. The molecular weight excluding hydrogens is 144 g/mol. The number of imidazole rings is 1. The van der Waals surface area contributed by atoms with Crippen LogP contribution in [-0.4, -0.2) is 20.2 Å². The maximum atomic E-state index is 8.78. The molecule has 11 heavy (non-hydrogen) atoms. The highest BCUT2D eigenvalue weighted by atomic mass is 16.3. The van der Waals surface area contributed by atoms with Crippen molar-refractivity contribution in [2.75, 3.05) is 0 Å². The van der Waals surface area contributed by atoms with Gasteiger partial charge in [0.2, 0.25) is 0 Å². The Bertz CT molecular complexity index is 211. The summed E-state index contributed by atoms with van der Waals surface area (Å²) in [6.07, 6.45) is 0.785. The molecule has 1 aromatic rings. The van der Waals surface area contributed by atoms with Crippen LogP contribution >= 0.6 is 0 Å². The van der Waals surface area contributed by atoms with Gasteiger partial charge in [-0.2, -0.15) is 0 Å². The number of hydrogen-bond acceptors (Lipinski definition) is 3. The van der Waals surface area contributed by atoms with Crippen molar-refractivity contribution in [3.05, 3.63) is 17.2 Å². The van der Waals surface area contributed by atoms with Gasteiger partial charge < -0.3 is 15.2 Å². The van der Waals surface area contributed by atoms with E-state index in [-0.39, 0.29) is 13.2 Å². The molecule has 0 aromatic carbocycles. The topological polar surface area (TPSA) is 69.1 Å². The minimum atomic E-state index is -0.119. The van der Waals surface area contributed by atoms with Crippen LogP contribution in [0.5, 0.6) is 0 Å². The average molecular weight is 156 g/mol. The quantitative estimate of drug-likeness (QED) is 0.575. The smallest absolute Gasteiger partial charge is 0.106 e. The highest BCUT2D eigenvalue weighted by Crippen LogP contribution is 2.06. The molecule has 0 bridgehead atoms. The van der Waals surface area contributed by atoms with Gasteiger partial charge in [0, 0.05) is 6.42 Å². The van der Waals surface area contributed by atoms with Gasteiger partial charge in [0.1, 0.15) is 5.82 Å². The van der Waals surface area contributed by atoms with Gasteiger partial charge in [-0.25, -0.2) is 4.98 Å². The van der Waals surface area contributed by atoms with Crippen molar-refractivity contribution >= 4 is 0 Å². The lowest BCUT2D eigenvalue weighted by atomic mass is 10.3. The molecule has 0 saturated heterocycles. The van der Waals surface area contributed by atoms with Gasteiger partial charge in [-0.1, -0.05) is 6.92 Å². The van der Waals surface area contributed by atoms with E-state index in [0.29, 0.717) is 11.4 Å². The maximum absolute atomic E-state index is 8.78. The number of nitrogens with zero attached hydrogens (tertiary/aromatic N) is 1. The largest absolute Gasteiger partial charge is 0.390 e. The Morgan fingerprint density at radius 1 is 1.36 bits per heavy atom. The third-order valence-electron chi connectivity index (χ3n) is 1.56. The van der Waals surface area contributed by atoms with Crippen LogP contribution < -0.4 is 0 Å². The Kier molecular flexibility index (Phi) is 2.62. The van der Waals surface area contributed by atoms with Crippen LogP contribution in [0, 0.1) is 0 Å². The molecule has 0 unspecified atom stereocenters. The normalized spacial score (nSPS) is 10.5. The predicted octanol–water partition coefficient (Wildman–Crippen LogP) is -0.0433. The number of aryl methyl sites for hydroxylation is 1. The minimum Gasteiger partial charge on any atom is -0.390 e. The van der Waals surface area contributed by atoms with Crippen LogP contribution in [0.4, 0.5) is 0 Å². The van der Waals surface area contributed by atoms with Gasteiger partial charge in [0.15, 0.2) is 0 Å². The number of H-pyrrole nitrogens is 1. The molecule has 3 N–H and O–H groups in total. The van der Waals surface area contributed by atoms with Crippen LogP contribution in [0.3, 0.4) is 0 Å². The first-order valence-corrected chi connectivity index (χ1v) is 3.60. The van der Waals surface area contributed by atoms with Crippen LogP contribution in [0.2, 0.25) is 0 Å². The molecule has 0 saturated carbocycles. The average Bonchev–Trinajstić information content (AvgIpc) is 2.46. The van der Waals surface area contributed by atoms with E-state index >= 15 is 0 Å². The number of aromatic nitrogens is 2. The van der Waals surface area contributed by atoms with Crippen molar-refractivity contribution in [2.24, 2.45) is 0 Å². The van der Waals surface area contributed by atoms with Crippen molar-refractivity contribution in [1.29, 1.82) is 0 Å². The standard InChI is InChI=1S/C7H12N2O2/c1-2-7-8-5(3-10)6(4-11)9-7/h10-11H,2-4H2,1H3,(H,8,9). The summed E-state index contributed by atoms with van der Waals surface area (Å²) < 4.78 is 0. The summed E-state index contributed by atoms with van der Waals surface area (Å²) in [5.74, 6) is 0.804. The van der Waals surface area contributed by atoms with E-state index in [9.17, 15) is 0 Å². The van der Waals surface area contributed by atoms with E-state index in [1.54, 1.807) is 0 Å². The zero-order chi connectivity index (χ0) is 8.27. The van der Waals surface area contributed by atoms with Gasteiger partial charge in [-0.3, -0.25) is 0 Å². The molecule has 0 atom stereocenters. The Balaban J connectivity index is 2.92. The summed E-state index contributed by atoms with van der Waals surface area (Å²) in [6, 6.07) is 0. The molecule has 0 aliphatic rings. The van der Waals surface area contributed by atoms with E-state index < -0.39 is 0 Å². The highest BCUT2D eigenvalue weighted by molar-refractivity contribution is 5.12. The van der Waals surface area contributed by atoms with Crippen molar-refractivity contribution < 1.29 is 10.2 Å². The molecule has 0 amide bonds. The third kappa shape index (κ3) is 1.58. The highest BCUT2D eigenvalue weighted by Gasteiger charge is 2.05. The van der Waals surface area contributed by atoms with E-state index in [2.05, 4.69) is 9.97 Å². The summed E-state index contributed by atoms with van der Waals surface area (Å²) in [5.41, 5.74) is 1.16. The van der Waals surface area contributed by atoms with Crippen molar-refractivity contribution in [3.8, 4) is 0 Å². The third-order valence-corrected chi connectivity index (χ3v) is 1.56. The van der Waals surface area contributed by atoms with Crippen molar-refractivity contribution in [1.82, 2.24) is 9.97 Å². The lowest BCUT2D eigenvalue weighted by molar-refractivity contribution is 0.255. The predicted molar refractivity (Wildman–Crippen MR) is 39.8 cm³/mol. The second-order valence-electron chi connectivity index (χ2n) is 2.28. The molecule has 1 rings (SSSR count). The first kappa shape index (κ1) is 8.23. The first-order chi connectivity index (χ1) is 5.31. The van der Waals surface area contributed by atoms with Crippen LogP contribution in [-0.2, 0) is 19.6 Å². The van der Waals surface area contributed by atoms with E-state index in [0.717, 1.165) is 12.2 Å². The SMILES string of the molecule is CCc1nc(CO)c(CO)[nH]1.